The molecule has 0 aliphatic carbocycles. The zero-order chi connectivity index (χ0) is 20.1. The van der Waals surface area contributed by atoms with Crippen molar-refractivity contribution in [2.24, 2.45) is 0 Å². The van der Waals surface area contributed by atoms with Crippen LogP contribution in [0.2, 0.25) is 0 Å². The van der Waals surface area contributed by atoms with E-state index in [-0.39, 0.29) is 6.54 Å². The van der Waals surface area contributed by atoms with Crippen LogP contribution in [0.15, 0.2) is 30.6 Å². The maximum Gasteiger partial charge on any atom is 0.416 e. The Kier molecular flexibility index (Phi) is 6.08. The van der Waals surface area contributed by atoms with Gasteiger partial charge in [0.15, 0.2) is 5.82 Å². The second kappa shape index (κ2) is 8.52. The molecule has 1 aliphatic rings. The molecule has 0 atom stereocenters. The Hall–Kier alpha value is -2.74. The zero-order valence-corrected chi connectivity index (χ0v) is 17.0. The number of hydrogen-bond donors (Lipinski definition) is 1. The molecule has 1 aliphatic heterocycles. The fourth-order valence-corrected chi connectivity index (χ4v) is 2.93. The summed E-state index contributed by atoms with van der Waals surface area (Å²) in [7, 11) is 0. The first-order valence-corrected chi connectivity index (χ1v) is 9.52. The Morgan fingerprint density at radius 3 is 2.64 bits per heavy atom. The highest BCUT2D eigenvalue weighted by molar-refractivity contribution is 5.86. The van der Waals surface area contributed by atoms with Gasteiger partial charge in [-0.05, 0) is 39.8 Å². The van der Waals surface area contributed by atoms with E-state index in [2.05, 4.69) is 20.2 Å². The number of carbonyl (C=O) groups excluding carboxylic acids is 1. The van der Waals surface area contributed by atoms with Crippen LogP contribution in [0.25, 0.3) is 0 Å². The van der Waals surface area contributed by atoms with Crippen LogP contribution in [0, 0.1) is 6.92 Å². The topological polar surface area (TPSA) is 83.5 Å². The Labute approximate surface area is 166 Å². The molecule has 1 saturated heterocycles. The van der Waals surface area contributed by atoms with E-state index in [1.165, 1.54) is 4.90 Å². The first kappa shape index (κ1) is 20.0. The Morgan fingerprint density at radius 2 is 1.96 bits per heavy atom. The average Bonchev–Trinajstić information content (AvgIpc) is 2.65. The largest absolute Gasteiger partial charge is 0.443 e. The van der Waals surface area contributed by atoms with Crippen molar-refractivity contribution in [3.8, 4) is 0 Å². The smallest absolute Gasteiger partial charge is 0.416 e. The predicted molar refractivity (Wildman–Crippen MR) is 109 cm³/mol. The SMILES string of the molecule is Cc1cccc(CN(C(=O)OC(C)(C)C)c2cncc(N3CCNCC3)n2)n1. The first-order chi connectivity index (χ1) is 13.3. The third-order valence-electron chi connectivity index (χ3n) is 4.21. The molecule has 0 radical (unpaired) electrons. The molecule has 0 saturated carbocycles. The van der Waals surface area contributed by atoms with Crippen molar-refractivity contribution in [2.75, 3.05) is 36.0 Å². The predicted octanol–water partition coefficient (Wildman–Crippen LogP) is 2.53. The number of aromatic nitrogens is 3. The van der Waals surface area contributed by atoms with Gasteiger partial charge in [-0.3, -0.25) is 14.9 Å². The lowest BCUT2D eigenvalue weighted by molar-refractivity contribution is 0.0575. The highest BCUT2D eigenvalue weighted by Crippen LogP contribution is 2.21. The molecule has 3 heterocycles. The van der Waals surface area contributed by atoms with E-state index >= 15 is 0 Å². The molecule has 2 aromatic rings. The summed E-state index contributed by atoms with van der Waals surface area (Å²) in [5, 5.41) is 3.32. The van der Waals surface area contributed by atoms with Crippen molar-refractivity contribution in [1.82, 2.24) is 20.3 Å². The van der Waals surface area contributed by atoms with E-state index in [0.717, 1.165) is 43.4 Å². The second-order valence-electron chi connectivity index (χ2n) is 7.81. The highest BCUT2D eigenvalue weighted by atomic mass is 16.6. The summed E-state index contributed by atoms with van der Waals surface area (Å²) in [5.74, 6) is 1.21. The van der Waals surface area contributed by atoms with Crippen molar-refractivity contribution < 1.29 is 9.53 Å². The van der Waals surface area contributed by atoms with Crippen LogP contribution in [0.5, 0.6) is 0 Å². The maximum atomic E-state index is 12.9. The van der Waals surface area contributed by atoms with Crippen molar-refractivity contribution >= 4 is 17.7 Å². The Balaban J connectivity index is 1.90. The lowest BCUT2D eigenvalue weighted by Gasteiger charge is -2.30. The molecule has 2 aromatic heterocycles. The minimum Gasteiger partial charge on any atom is -0.443 e. The monoisotopic (exact) mass is 384 g/mol. The number of rotatable bonds is 4. The van der Waals surface area contributed by atoms with Crippen molar-refractivity contribution in [3.05, 3.63) is 42.0 Å². The van der Waals surface area contributed by atoms with Gasteiger partial charge in [-0.25, -0.2) is 9.78 Å². The molecular weight excluding hydrogens is 356 g/mol. The second-order valence-corrected chi connectivity index (χ2v) is 7.81. The summed E-state index contributed by atoms with van der Waals surface area (Å²) in [4.78, 5) is 30.1. The molecule has 28 heavy (non-hydrogen) atoms. The van der Waals surface area contributed by atoms with Crippen molar-refractivity contribution in [1.29, 1.82) is 0 Å². The van der Waals surface area contributed by atoms with E-state index in [1.807, 2.05) is 45.9 Å². The molecule has 8 nitrogen and oxygen atoms in total. The lowest BCUT2D eigenvalue weighted by Crippen LogP contribution is -2.44. The van der Waals surface area contributed by atoms with E-state index in [0.29, 0.717) is 5.82 Å². The third kappa shape index (κ3) is 5.39. The summed E-state index contributed by atoms with van der Waals surface area (Å²) in [6.07, 6.45) is 2.85. The molecule has 8 heteroatoms. The zero-order valence-electron chi connectivity index (χ0n) is 17.0. The number of amides is 1. The average molecular weight is 384 g/mol. The van der Waals surface area contributed by atoms with E-state index in [9.17, 15) is 4.79 Å². The summed E-state index contributed by atoms with van der Waals surface area (Å²) >= 11 is 0. The number of piperazine rings is 1. The molecule has 150 valence electrons. The number of nitrogens with one attached hydrogen (secondary N) is 1. The van der Waals surface area contributed by atoms with Gasteiger partial charge in [-0.1, -0.05) is 6.07 Å². The van der Waals surface area contributed by atoms with Gasteiger partial charge >= 0.3 is 6.09 Å². The normalized spacial score (nSPS) is 14.6. The number of ether oxygens (including phenoxy) is 1. The van der Waals surface area contributed by atoms with Crippen LogP contribution < -0.4 is 15.1 Å². The number of aryl methyl sites for hydroxylation is 1. The van der Waals surface area contributed by atoms with E-state index < -0.39 is 11.7 Å². The van der Waals surface area contributed by atoms with Gasteiger partial charge < -0.3 is 15.0 Å². The van der Waals surface area contributed by atoms with Gasteiger partial charge in [0.05, 0.1) is 24.6 Å². The van der Waals surface area contributed by atoms with Gasteiger partial charge in [0.2, 0.25) is 0 Å². The Morgan fingerprint density at radius 1 is 1.21 bits per heavy atom. The van der Waals surface area contributed by atoms with Crippen LogP contribution in [-0.4, -0.2) is 52.8 Å². The molecule has 1 fully saturated rings. The molecule has 3 rings (SSSR count). The molecule has 1 N–H and O–H groups in total. The van der Waals surface area contributed by atoms with Gasteiger partial charge in [0.25, 0.3) is 0 Å². The summed E-state index contributed by atoms with van der Waals surface area (Å²) in [6.45, 7) is 11.2. The minimum atomic E-state index is -0.612. The van der Waals surface area contributed by atoms with Crippen LogP contribution in [0.1, 0.15) is 32.2 Å². The first-order valence-electron chi connectivity index (χ1n) is 9.52. The fraction of sp³-hybridized carbons (Fsp3) is 0.500. The quantitative estimate of drug-likeness (QED) is 0.867. The van der Waals surface area contributed by atoms with Gasteiger partial charge in [-0.15, -0.1) is 0 Å². The van der Waals surface area contributed by atoms with Gasteiger partial charge in [0.1, 0.15) is 11.4 Å². The van der Waals surface area contributed by atoms with Crippen LogP contribution in [0.4, 0.5) is 16.4 Å². The van der Waals surface area contributed by atoms with Crippen molar-refractivity contribution in [2.45, 2.75) is 39.8 Å². The maximum absolute atomic E-state index is 12.9. The highest BCUT2D eigenvalue weighted by Gasteiger charge is 2.26. The molecule has 0 aromatic carbocycles. The van der Waals surface area contributed by atoms with Crippen molar-refractivity contribution in [3.63, 3.8) is 0 Å². The molecule has 1 amide bonds. The van der Waals surface area contributed by atoms with E-state index in [1.54, 1.807) is 12.4 Å². The standard InChI is InChI=1S/C20H28N6O2/c1-15-6-5-7-16(23-15)14-26(19(27)28-20(2,3)4)18-13-22-12-17(24-18)25-10-8-21-9-11-25/h5-7,12-13,21H,8-11,14H2,1-4H3. The third-order valence-corrected chi connectivity index (χ3v) is 4.21. The fourth-order valence-electron chi connectivity index (χ4n) is 2.93. The van der Waals surface area contributed by atoms with Gasteiger partial charge in [-0.2, -0.15) is 0 Å². The number of anilines is 2. The molecule has 0 bridgehead atoms. The number of hydrogen-bond acceptors (Lipinski definition) is 7. The minimum absolute atomic E-state index is 0.260. The Bertz CT molecular complexity index is 814. The molecular formula is C20H28N6O2. The number of nitrogens with zero attached hydrogens (tertiary/aromatic N) is 5. The molecule has 0 spiro atoms. The number of pyridine rings is 1. The number of carbonyl (C=O) groups is 1. The van der Waals surface area contributed by atoms with E-state index in [4.69, 9.17) is 9.72 Å². The lowest BCUT2D eigenvalue weighted by atomic mass is 10.2. The summed E-state index contributed by atoms with van der Waals surface area (Å²) < 4.78 is 5.61. The summed E-state index contributed by atoms with van der Waals surface area (Å²) in [5.41, 5.74) is 1.04. The summed E-state index contributed by atoms with van der Waals surface area (Å²) in [6, 6.07) is 5.73. The molecule has 0 unspecified atom stereocenters. The van der Waals surface area contributed by atoms with Gasteiger partial charge in [0, 0.05) is 31.9 Å². The van der Waals surface area contributed by atoms with Crippen LogP contribution in [-0.2, 0) is 11.3 Å². The van der Waals surface area contributed by atoms with Crippen LogP contribution >= 0.6 is 0 Å². The van der Waals surface area contributed by atoms with Crippen LogP contribution in [0.3, 0.4) is 0 Å².